The normalized spacial score (nSPS) is 17.8. The maximum atomic E-state index is 9.28. The topological polar surface area (TPSA) is 41.3 Å². The lowest BCUT2D eigenvalue weighted by atomic mass is 10.1. The summed E-state index contributed by atoms with van der Waals surface area (Å²) in [4.78, 5) is 2.18. The summed E-state index contributed by atoms with van der Waals surface area (Å²) in [7, 11) is 0. The second-order valence-electron chi connectivity index (χ2n) is 5.41. The minimum Gasteiger partial charge on any atom is -0.394 e. The Kier molecular flexibility index (Phi) is 3.76. The number of aromatic nitrogens is 2. The summed E-state index contributed by atoms with van der Waals surface area (Å²) in [5.74, 6) is 0.463. The number of rotatable bonds is 3. The number of nitrogens with zero attached hydrogens (tertiary/aromatic N) is 3. The summed E-state index contributed by atoms with van der Waals surface area (Å²) in [6, 6.07) is 2.33. The van der Waals surface area contributed by atoms with E-state index in [0.29, 0.717) is 5.92 Å². The molecule has 2 heterocycles. The summed E-state index contributed by atoms with van der Waals surface area (Å²) >= 11 is 0. The third kappa shape index (κ3) is 2.43. The van der Waals surface area contributed by atoms with Gasteiger partial charge < -0.3 is 10.0 Å². The predicted octanol–water partition coefficient (Wildman–Crippen LogP) is 1.76. The van der Waals surface area contributed by atoms with Gasteiger partial charge in [-0.3, -0.25) is 4.68 Å². The lowest BCUT2D eigenvalue weighted by Gasteiger charge is -2.29. The molecule has 1 atom stereocenters. The molecule has 1 aliphatic rings. The second-order valence-corrected chi connectivity index (χ2v) is 5.41. The van der Waals surface area contributed by atoms with Gasteiger partial charge in [-0.25, -0.2) is 0 Å². The van der Waals surface area contributed by atoms with Crippen LogP contribution in [-0.4, -0.2) is 39.0 Å². The summed E-state index contributed by atoms with van der Waals surface area (Å²) in [6.45, 7) is 12.3. The van der Waals surface area contributed by atoms with E-state index in [4.69, 9.17) is 0 Å². The third-order valence-corrected chi connectivity index (χ3v) is 3.62. The molecule has 0 aliphatic carbocycles. The fourth-order valence-corrected chi connectivity index (χ4v) is 2.39. The van der Waals surface area contributed by atoms with Crippen LogP contribution < -0.4 is 0 Å². The van der Waals surface area contributed by atoms with E-state index in [1.807, 2.05) is 6.92 Å². The van der Waals surface area contributed by atoms with Gasteiger partial charge in [0.25, 0.3) is 0 Å². The van der Waals surface area contributed by atoms with Gasteiger partial charge in [-0.2, -0.15) is 5.10 Å². The van der Waals surface area contributed by atoms with Crippen LogP contribution in [0.3, 0.4) is 0 Å². The highest BCUT2D eigenvalue weighted by Gasteiger charge is 2.21. The molecule has 1 aromatic heterocycles. The van der Waals surface area contributed by atoms with E-state index in [2.05, 4.69) is 41.2 Å². The van der Waals surface area contributed by atoms with Crippen molar-refractivity contribution in [3.8, 4) is 0 Å². The van der Waals surface area contributed by atoms with Gasteiger partial charge >= 0.3 is 0 Å². The van der Waals surface area contributed by atoms with Crippen molar-refractivity contribution >= 4 is 0 Å². The van der Waals surface area contributed by atoms with Crippen molar-refractivity contribution in [3.05, 3.63) is 29.7 Å². The first-order valence-electron chi connectivity index (χ1n) is 6.64. The van der Waals surface area contributed by atoms with E-state index in [-0.39, 0.29) is 12.6 Å². The summed E-state index contributed by atoms with van der Waals surface area (Å²) in [5, 5.41) is 13.9. The fourth-order valence-electron chi connectivity index (χ4n) is 2.39. The molecule has 1 aliphatic heterocycles. The Labute approximate surface area is 109 Å². The Morgan fingerprint density at radius 1 is 1.44 bits per heavy atom. The SMILES string of the molecule is C=C1Cn2nc(C(C)C)cc2CCN1C(C)CO. The largest absolute Gasteiger partial charge is 0.394 e. The van der Waals surface area contributed by atoms with E-state index >= 15 is 0 Å². The average Bonchev–Trinajstić information content (AvgIpc) is 2.66. The van der Waals surface area contributed by atoms with Crippen LogP contribution in [0.1, 0.15) is 38.1 Å². The van der Waals surface area contributed by atoms with Crippen LogP contribution in [0.4, 0.5) is 0 Å². The van der Waals surface area contributed by atoms with Crippen LogP contribution in [0.2, 0.25) is 0 Å². The number of hydrogen-bond donors (Lipinski definition) is 1. The van der Waals surface area contributed by atoms with Gasteiger partial charge in [0.2, 0.25) is 0 Å². The molecule has 0 saturated heterocycles. The van der Waals surface area contributed by atoms with E-state index in [9.17, 15) is 5.11 Å². The van der Waals surface area contributed by atoms with Crippen LogP contribution >= 0.6 is 0 Å². The smallest absolute Gasteiger partial charge is 0.0805 e. The molecule has 0 saturated carbocycles. The minimum atomic E-state index is 0.131. The number of hydrogen-bond acceptors (Lipinski definition) is 3. The van der Waals surface area contributed by atoms with Crippen molar-refractivity contribution in [1.82, 2.24) is 14.7 Å². The monoisotopic (exact) mass is 249 g/mol. The van der Waals surface area contributed by atoms with E-state index in [0.717, 1.165) is 30.9 Å². The van der Waals surface area contributed by atoms with Gasteiger partial charge in [-0.15, -0.1) is 0 Å². The van der Waals surface area contributed by atoms with Crippen molar-refractivity contribution in [2.75, 3.05) is 13.2 Å². The molecule has 18 heavy (non-hydrogen) atoms. The first-order valence-corrected chi connectivity index (χ1v) is 6.64. The van der Waals surface area contributed by atoms with Crippen molar-refractivity contribution in [2.24, 2.45) is 0 Å². The quantitative estimate of drug-likeness (QED) is 0.887. The van der Waals surface area contributed by atoms with E-state index < -0.39 is 0 Å². The molecule has 0 fully saturated rings. The van der Waals surface area contributed by atoms with Gasteiger partial charge in [0.1, 0.15) is 0 Å². The van der Waals surface area contributed by atoms with Gasteiger partial charge in [-0.1, -0.05) is 20.4 Å². The molecule has 0 amide bonds. The molecule has 0 radical (unpaired) electrons. The number of aliphatic hydroxyl groups excluding tert-OH is 1. The Hall–Kier alpha value is -1.29. The third-order valence-electron chi connectivity index (χ3n) is 3.62. The summed E-state index contributed by atoms with van der Waals surface area (Å²) in [5.41, 5.74) is 3.46. The van der Waals surface area contributed by atoms with Gasteiger partial charge in [0.15, 0.2) is 0 Å². The standard InChI is InChI=1S/C14H23N3O/c1-10(2)14-7-13-5-6-16(12(4)9-18)11(3)8-17(13)15-14/h7,10,12,18H,3,5-6,8-9H2,1-2,4H3. The van der Waals surface area contributed by atoms with Crippen molar-refractivity contribution in [2.45, 2.75) is 45.7 Å². The van der Waals surface area contributed by atoms with Crippen molar-refractivity contribution in [1.29, 1.82) is 0 Å². The lowest BCUT2D eigenvalue weighted by molar-refractivity contribution is 0.164. The number of allylic oxidation sites excluding steroid dienone is 1. The highest BCUT2D eigenvalue weighted by molar-refractivity contribution is 5.17. The summed E-state index contributed by atoms with van der Waals surface area (Å²) < 4.78 is 2.06. The molecular formula is C14H23N3O. The van der Waals surface area contributed by atoms with Crippen molar-refractivity contribution < 1.29 is 5.11 Å². The predicted molar refractivity (Wildman–Crippen MR) is 72.4 cm³/mol. The number of aliphatic hydroxyl groups is 1. The Morgan fingerprint density at radius 3 is 2.78 bits per heavy atom. The number of fused-ring (bicyclic) bond motifs is 1. The maximum Gasteiger partial charge on any atom is 0.0805 e. The highest BCUT2D eigenvalue weighted by atomic mass is 16.3. The molecule has 0 bridgehead atoms. The van der Waals surface area contributed by atoms with Gasteiger partial charge in [0.05, 0.1) is 18.8 Å². The first-order chi connectivity index (χ1) is 8.52. The van der Waals surface area contributed by atoms with Gasteiger partial charge in [0, 0.05) is 30.4 Å². The zero-order chi connectivity index (χ0) is 13.3. The Bertz CT molecular complexity index is 436. The molecule has 2 rings (SSSR count). The molecule has 100 valence electrons. The van der Waals surface area contributed by atoms with Crippen LogP contribution in [0.5, 0.6) is 0 Å². The molecule has 0 aromatic carbocycles. The molecule has 1 N–H and O–H groups in total. The molecule has 0 spiro atoms. The van der Waals surface area contributed by atoms with E-state index in [1.165, 1.54) is 5.69 Å². The maximum absolute atomic E-state index is 9.28. The zero-order valence-corrected chi connectivity index (χ0v) is 11.6. The Balaban J connectivity index is 2.20. The van der Waals surface area contributed by atoms with Gasteiger partial charge in [-0.05, 0) is 18.9 Å². The van der Waals surface area contributed by atoms with Crippen LogP contribution in [-0.2, 0) is 13.0 Å². The highest BCUT2D eigenvalue weighted by Crippen LogP contribution is 2.21. The summed E-state index contributed by atoms with van der Waals surface area (Å²) in [6.07, 6.45) is 0.961. The molecule has 4 heteroatoms. The minimum absolute atomic E-state index is 0.131. The average molecular weight is 249 g/mol. The second kappa shape index (κ2) is 5.14. The molecule has 4 nitrogen and oxygen atoms in total. The fraction of sp³-hybridized carbons (Fsp3) is 0.643. The molecule has 1 aromatic rings. The van der Waals surface area contributed by atoms with Crippen LogP contribution in [0.25, 0.3) is 0 Å². The molecule has 1 unspecified atom stereocenters. The lowest BCUT2D eigenvalue weighted by Crippen LogP contribution is -2.36. The zero-order valence-electron chi connectivity index (χ0n) is 11.6. The van der Waals surface area contributed by atoms with Crippen LogP contribution in [0, 0.1) is 0 Å². The first kappa shape index (κ1) is 13.1. The Morgan fingerprint density at radius 2 is 2.17 bits per heavy atom. The van der Waals surface area contributed by atoms with Crippen LogP contribution in [0.15, 0.2) is 18.3 Å². The van der Waals surface area contributed by atoms with Crippen molar-refractivity contribution in [3.63, 3.8) is 0 Å². The van der Waals surface area contributed by atoms with E-state index in [1.54, 1.807) is 0 Å². The molecular weight excluding hydrogens is 226 g/mol.